The van der Waals surface area contributed by atoms with Gasteiger partial charge < -0.3 is 35.8 Å². The maximum Gasteiger partial charge on any atom is 0.328 e. The van der Waals surface area contributed by atoms with Crippen LogP contribution in [0.15, 0.2) is 30.5 Å². The largest absolute Gasteiger partial charge is 0.463 e. The highest BCUT2D eigenvalue weighted by molar-refractivity contribution is 6.26. The first-order valence-electron chi connectivity index (χ1n) is 14.2. The summed E-state index contributed by atoms with van der Waals surface area (Å²) in [6.07, 6.45) is 0.834. The molecule has 13 heteroatoms. The van der Waals surface area contributed by atoms with E-state index in [1.165, 1.54) is 6.92 Å². The van der Waals surface area contributed by atoms with Gasteiger partial charge in [-0.05, 0) is 52.2 Å². The van der Waals surface area contributed by atoms with Crippen LogP contribution >= 0.6 is 0 Å². The van der Waals surface area contributed by atoms with E-state index in [1.54, 1.807) is 33.9 Å². The number of hydrogen-bond donors (Lipinski definition) is 5. The molecule has 1 aromatic heterocycles. The zero-order valence-electron chi connectivity index (χ0n) is 25.2. The molecule has 234 valence electrons. The zero-order valence-corrected chi connectivity index (χ0v) is 25.2. The summed E-state index contributed by atoms with van der Waals surface area (Å²) in [5, 5.41) is 15.8. The smallest absolute Gasteiger partial charge is 0.328 e. The van der Waals surface area contributed by atoms with Gasteiger partial charge in [-0.2, -0.15) is 0 Å². The molecular formula is C30H41N5O8. The standard InChI is InChI=1S/C30H41N5O8/c1-17(2)42-27(38)13-12-25(30(41)43-18(3)4)35-28(39)24(11-10-21(37)15-31)34-29(40)26(33-19(5)36)14-20-16-32-23-9-7-6-8-22(20)23/h6-9,15-18,24-26,31-32H,10-14H2,1-5H3,(H,33,36)(H,34,40)(H,35,39)/t24-,25-,26-/m0/s1. The highest BCUT2D eigenvalue weighted by Crippen LogP contribution is 2.19. The van der Waals surface area contributed by atoms with E-state index >= 15 is 0 Å². The molecule has 5 N–H and O–H groups in total. The molecule has 0 saturated carbocycles. The molecule has 0 unspecified atom stereocenters. The zero-order chi connectivity index (χ0) is 32.1. The molecule has 0 saturated heterocycles. The summed E-state index contributed by atoms with van der Waals surface area (Å²) in [4.78, 5) is 78.8. The Morgan fingerprint density at radius 2 is 1.44 bits per heavy atom. The van der Waals surface area contributed by atoms with E-state index in [-0.39, 0.29) is 38.2 Å². The molecule has 0 bridgehead atoms. The summed E-state index contributed by atoms with van der Waals surface area (Å²) >= 11 is 0. The monoisotopic (exact) mass is 599 g/mol. The minimum atomic E-state index is -1.31. The van der Waals surface area contributed by atoms with Gasteiger partial charge in [-0.15, -0.1) is 0 Å². The molecule has 2 rings (SSSR count). The molecular weight excluding hydrogens is 558 g/mol. The summed E-state index contributed by atoms with van der Waals surface area (Å²) < 4.78 is 10.4. The van der Waals surface area contributed by atoms with E-state index in [1.807, 2.05) is 24.3 Å². The van der Waals surface area contributed by atoms with Gasteiger partial charge >= 0.3 is 11.9 Å². The van der Waals surface area contributed by atoms with Crippen LogP contribution in [0.3, 0.4) is 0 Å². The molecule has 3 atom stereocenters. The van der Waals surface area contributed by atoms with Crippen molar-refractivity contribution >= 4 is 52.6 Å². The molecule has 13 nitrogen and oxygen atoms in total. The molecule has 0 radical (unpaired) electrons. The number of nitrogens with one attached hydrogen (secondary N) is 5. The van der Waals surface area contributed by atoms with Gasteiger partial charge in [0.25, 0.3) is 0 Å². The Kier molecular flexibility index (Phi) is 13.5. The highest BCUT2D eigenvalue weighted by Gasteiger charge is 2.31. The Morgan fingerprint density at radius 1 is 0.837 bits per heavy atom. The van der Waals surface area contributed by atoms with Gasteiger partial charge in [0, 0.05) is 43.3 Å². The Hall–Kier alpha value is -4.55. The molecule has 1 heterocycles. The number of carbonyl (C=O) groups is 6. The summed E-state index contributed by atoms with van der Waals surface area (Å²) in [6.45, 7) is 7.88. The number of para-hydroxylation sites is 1. The van der Waals surface area contributed by atoms with Crippen molar-refractivity contribution in [2.24, 2.45) is 0 Å². The number of amides is 3. The van der Waals surface area contributed by atoms with Crippen molar-refractivity contribution < 1.29 is 38.2 Å². The SMILES string of the molecule is CC(=O)N[C@@H](Cc1c[nH]c2ccccc12)C(=O)N[C@@H](CCC(=O)C=N)C(=O)N[C@@H](CCC(=O)OC(C)C)C(=O)OC(C)C. The van der Waals surface area contributed by atoms with Crippen molar-refractivity contribution in [2.75, 3.05) is 0 Å². The molecule has 0 fully saturated rings. The first-order valence-corrected chi connectivity index (χ1v) is 14.2. The van der Waals surface area contributed by atoms with Crippen LogP contribution in [0.5, 0.6) is 0 Å². The fourth-order valence-electron chi connectivity index (χ4n) is 4.29. The number of fused-ring (bicyclic) bond motifs is 1. The highest BCUT2D eigenvalue weighted by atomic mass is 16.5. The van der Waals surface area contributed by atoms with E-state index in [2.05, 4.69) is 20.9 Å². The van der Waals surface area contributed by atoms with Crippen LogP contribution in [-0.2, 0) is 44.7 Å². The van der Waals surface area contributed by atoms with Crippen LogP contribution in [0.25, 0.3) is 10.9 Å². The Morgan fingerprint density at radius 3 is 2.07 bits per heavy atom. The van der Waals surface area contributed by atoms with Crippen molar-refractivity contribution in [1.29, 1.82) is 5.41 Å². The second-order valence-electron chi connectivity index (χ2n) is 10.7. The van der Waals surface area contributed by atoms with Gasteiger partial charge in [-0.25, -0.2) is 4.79 Å². The van der Waals surface area contributed by atoms with Crippen molar-refractivity contribution in [3.8, 4) is 0 Å². The summed E-state index contributed by atoms with van der Waals surface area (Å²) in [6, 6.07) is 3.82. The summed E-state index contributed by atoms with van der Waals surface area (Å²) in [5.74, 6) is -3.88. The minimum absolute atomic E-state index is 0.102. The average molecular weight is 600 g/mol. The second-order valence-corrected chi connectivity index (χ2v) is 10.7. The van der Waals surface area contributed by atoms with Gasteiger partial charge in [0.2, 0.25) is 17.7 Å². The van der Waals surface area contributed by atoms with Crippen LogP contribution < -0.4 is 16.0 Å². The lowest BCUT2D eigenvalue weighted by molar-refractivity contribution is -0.153. The second kappa shape index (κ2) is 16.8. The quantitative estimate of drug-likeness (QED) is 0.134. The number of aromatic nitrogens is 1. The predicted octanol–water partition coefficient (Wildman–Crippen LogP) is 1.87. The van der Waals surface area contributed by atoms with Gasteiger partial charge in [0.1, 0.15) is 18.1 Å². The maximum absolute atomic E-state index is 13.5. The van der Waals surface area contributed by atoms with E-state index in [4.69, 9.17) is 14.9 Å². The number of carbonyl (C=O) groups excluding carboxylic acids is 6. The van der Waals surface area contributed by atoms with Crippen molar-refractivity contribution in [3.63, 3.8) is 0 Å². The van der Waals surface area contributed by atoms with E-state index in [0.29, 0.717) is 6.21 Å². The maximum atomic E-state index is 13.5. The minimum Gasteiger partial charge on any atom is -0.463 e. The lowest BCUT2D eigenvalue weighted by Gasteiger charge is -2.25. The number of hydrogen-bond acceptors (Lipinski definition) is 9. The molecule has 0 aliphatic carbocycles. The molecule has 0 aliphatic heterocycles. The van der Waals surface area contributed by atoms with E-state index < -0.39 is 59.7 Å². The van der Waals surface area contributed by atoms with Crippen LogP contribution in [0.4, 0.5) is 0 Å². The summed E-state index contributed by atoms with van der Waals surface area (Å²) in [7, 11) is 0. The normalized spacial score (nSPS) is 13.1. The fourth-order valence-corrected chi connectivity index (χ4v) is 4.29. The van der Waals surface area contributed by atoms with E-state index in [0.717, 1.165) is 16.5 Å². The Balaban J connectivity index is 2.27. The third-order valence-electron chi connectivity index (χ3n) is 6.22. The van der Waals surface area contributed by atoms with Gasteiger partial charge in [0.05, 0.1) is 18.4 Å². The molecule has 0 spiro atoms. The lowest BCUT2D eigenvalue weighted by Crippen LogP contribution is -2.56. The van der Waals surface area contributed by atoms with Crippen LogP contribution in [0.1, 0.15) is 65.9 Å². The number of Topliss-reactive ketones (excluding diaryl/α,β-unsaturated/α-hetero) is 1. The molecule has 43 heavy (non-hydrogen) atoms. The fraction of sp³-hybridized carbons (Fsp3) is 0.500. The molecule has 2 aromatic rings. The third-order valence-corrected chi connectivity index (χ3v) is 6.22. The first kappa shape index (κ1) is 34.7. The number of ketones is 1. The van der Waals surface area contributed by atoms with Crippen LogP contribution in [0.2, 0.25) is 0 Å². The predicted molar refractivity (Wildman–Crippen MR) is 158 cm³/mol. The lowest BCUT2D eigenvalue weighted by atomic mass is 10.0. The van der Waals surface area contributed by atoms with Crippen molar-refractivity contribution in [1.82, 2.24) is 20.9 Å². The number of benzene rings is 1. The van der Waals surface area contributed by atoms with Crippen molar-refractivity contribution in [2.45, 2.75) is 97.1 Å². The number of rotatable bonds is 17. The van der Waals surface area contributed by atoms with Gasteiger partial charge in [0.15, 0.2) is 5.78 Å². The molecule has 0 aliphatic rings. The molecule has 3 amide bonds. The third kappa shape index (κ3) is 11.7. The molecule has 1 aromatic carbocycles. The topological polar surface area (TPSA) is 197 Å². The summed E-state index contributed by atoms with van der Waals surface area (Å²) in [5.41, 5.74) is 1.60. The average Bonchev–Trinajstić information content (AvgIpc) is 3.34. The van der Waals surface area contributed by atoms with Crippen molar-refractivity contribution in [3.05, 3.63) is 36.0 Å². The first-order chi connectivity index (χ1) is 20.3. The number of H-pyrrole nitrogens is 1. The van der Waals surface area contributed by atoms with Gasteiger partial charge in [-0.3, -0.25) is 24.0 Å². The Labute approximate surface area is 250 Å². The number of ether oxygens (including phenoxy) is 2. The van der Waals surface area contributed by atoms with Crippen LogP contribution in [-0.4, -0.2) is 77.0 Å². The number of esters is 2. The Bertz CT molecular complexity index is 1320. The van der Waals surface area contributed by atoms with Gasteiger partial charge in [-0.1, -0.05) is 18.2 Å². The number of aromatic amines is 1. The van der Waals surface area contributed by atoms with Crippen LogP contribution in [0, 0.1) is 5.41 Å². The van der Waals surface area contributed by atoms with E-state index in [9.17, 15) is 28.8 Å².